The molecule has 22 heavy (non-hydrogen) atoms. The first-order chi connectivity index (χ1) is 10.6. The second-order valence-corrected chi connectivity index (χ2v) is 7.76. The van der Waals surface area contributed by atoms with Gasteiger partial charge in [0.05, 0.1) is 18.1 Å². The summed E-state index contributed by atoms with van der Waals surface area (Å²) < 4.78 is 32.8. The van der Waals surface area contributed by atoms with E-state index in [1.54, 1.807) is 6.07 Å². The molecule has 0 unspecified atom stereocenters. The number of sulfonamides is 1. The largest absolute Gasteiger partial charge is 0.379 e. The number of hydrogen-bond acceptors (Lipinski definition) is 4. The zero-order valence-corrected chi connectivity index (χ0v) is 13.7. The lowest BCUT2D eigenvalue weighted by atomic mass is 9.92. The Kier molecular flexibility index (Phi) is 5.13. The van der Waals surface area contributed by atoms with Gasteiger partial charge in [0.15, 0.2) is 0 Å². The van der Waals surface area contributed by atoms with Crippen LogP contribution in [0.3, 0.4) is 0 Å². The van der Waals surface area contributed by atoms with Gasteiger partial charge in [-0.3, -0.25) is 4.90 Å². The lowest BCUT2D eigenvalue weighted by molar-refractivity contribution is 0.0390. The van der Waals surface area contributed by atoms with Crippen LogP contribution in [0, 0.1) is 0 Å². The highest BCUT2D eigenvalue weighted by Crippen LogP contribution is 2.23. The Morgan fingerprint density at radius 2 is 1.82 bits per heavy atom. The maximum absolute atomic E-state index is 12.4. The van der Waals surface area contributed by atoms with E-state index in [2.05, 4.69) is 9.62 Å². The van der Waals surface area contributed by atoms with Gasteiger partial charge in [0.1, 0.15) is 0 Å². The molecule has 0 saturated carbocycles. The lowest BCUT2D eigenvalue weighted by Gasteiger charge is -2.26. The van der Waals surface area contributed by atoms with Gasteiger partial charge in [-0.25, -0.2) is 13.1 Å². The molecule has 0 atom stereocenters. The van der Waals surface area contributed by atoms with Gasteiger partial charge >= 0.3 is 0 Å². The minimum atomic E-state index is -3.40. The zero-order valence-electron chi connectivity index (χ0n) is 12.9. The van der Waals surface area contributed by atoms with Crippen LogP contribution >= 0.6 is 0 Å². The fourth-order valence-electron chi connectivity index (χ4n) is 3.12. The maximum Gasteiger partial charge on any atom is 0.240 e. The number of nitrogens with zero attached hydrogens (tertiary/aromatic N) is 1. The Balaban J connectivity index is 1.60. The topological polar surface area (TPSA) is 58.6 Å². The van der Waals surface area contributed by atoms with Crippen molar-refractivity contribution in [3.63, 3.8) is 0 Å². The van der Waals surface area contributed by atoms with Crippen LogP contribution in [0.25, 0.3) is 0 Å². The van der Waals surface area contributed by atoms with Crippen molar-refractivity contribution >= 4 is 10.0 Å². The molecule has 0 spiro atoms. The van der Waals surface area contributed by atoms with Gasteiger partial charge in [0, 0.05) is 26.2 Å². The summed E-state index contributed by atoms with van der Waals surface area (Å²) in [7, 11) is -3.40. The van der Waals surface area contributed by atoms with Crippen molar-refractivity contribution in [3.8, 4) is 0 Å². The first-order valence-electron chi connectivity index (χ1n) is 8.07. The molecule has 1 saturated heterocycles. The molecule has 1 aromatic carbocycles. The molecule has 5 nitrogen and oxygen atoms in total. The van der Waals surface area contributed by atoms with Crippen LogP contribution in [-0.2, 0) is 27.6 Å². The van der Waals surface area contributed by atoms with Crippen molar-refractivity contribution in [2.75, 3.05) is 39.4 Å². The Labute approximate surface area is 132 Å². The predicted octanol–water partition coefficient (Wildman–Crippen LogP) is 1.18. The van der Waals surface area contributed by atoms with E-state index in [1.807, 2.05) is 12.1 Å². The molecule has 0 radical (unpaired) electrons. The number of hydrogen-bond donors (Lipinski definition) is 1. The van der Waals surface area contributed by atoms with Gasteiger partial charge in [-0.05, 0) is 48.9 Å². The van der Waals surface area contributed by atoms with Gasteiger partial charge in [0.2, 0.25) is 10.0 Å². The summed E-state index contributed by atoms with van der Waals surface area (Å²) in [4.78, 5) is 2.62. The highest BCUT2D eigenvalue weighted by atomic mass is 32.2. The van der Waals surface area contributed by atoms with E-state index in [1.165, 1.54) is 17.5 Å². The number of aryl methyl sites for hydroxylation is 2. The number of nitrogens with one attached hydrogen (secondary N) is 1. The van der Waals surface area contributed by atoms with Crippen LogP contribution in [-0.4, -0.2) is 52.7 Å². The normalized spacial score (nSPS) is 19.8. The van der Waals surface area contributed by atoms with Crippen LogP contribution in [0.4, 0.5) is 0 Å². The van der Waals surface area contributed by atoms with Gasteiger partial charge in [0.25, 0.3) is 0 Å². The summed E-state index contributed by atoms with van der Waals surface area (Å²) in [5.41, 5.74) is 2.50. The van der Waals surface area contributed by atoms with Crippen LogP contribution in [0.15, 0.2) is 23.1 Å². The van der Waals surface area contributed by atoms with Crippen molar-refractivity contribution in [1.82, 2.24) is 9.62 Å². The summed E-state index contributed by atoms with van der Waals surface area (Å²) in [5.74, 6) is 0. The van der Waals surface area contributed by atoms with E-state index in [9.17, 15) is 8.42 Å². The first kappa shape index (κ1) is 15.9. The summed E-state index contributed by atoms with van der Waals surface area (Å²) in [6.07, 6.45) is 4.42. The molecule has 0 amide bonds. The highest BCUT2D eigenvalue weighted by Gasteiger charge is 2.18. The quantitative estimate of drug-likeness (QED) is 0.883. The lowest BCUT2D eigenvalue weighted by Crippen LogP contribution is -2.41. The van der Waals surface area contributed by atoms with Crippen LogP contribution in [0.2, 0.25) is 0 Å². The Hall–Kier alpha value is -0.950. The van der Waals surface area contributed by atoms with Crippen molar-refractivity contribution in [3.05, 3.63) is 29.3 Å². The number of ether oxygens (including phenoxy) is 1. The monoisotopic (exact) mass is 324 g/mol. The molecule has 1 aliphatic carbocycles. The molecule has 122 valence electrons. The van der Waals surface area contributed by atoms with E-state index in [4.69, 9.17) is 4.74 Å². The molecular formula is C16H24N2O3S. The second-order valence-electron chi connectivity index (χ2n) is 5.99. The van der Waals surface area contributed by atoms with Crippen molar-refractivity contribution < 1.29 is 13.2 Å². The standard InChI is InChI=1S/C16H24N2O3S/c19-22(20,17-7-8-18-9-11-21-12-10-18)16-6-5-14-3-1-2-4-15(14)13-16/h5-6,13,17H,1-4,7-12H2. The van der Waals surface area contributed by atoms with Crippen LogP contribution in [0.1, 0.15) is 24.0 Å². The maximum atomic E-state index is 12.4. The molecule has 0 bridgehead atoms. The molecule has 0 aromatic heterocycles. The summed E-state index contributed by atoms with van der Waals surface area (Å²) in [6, 6.07) is 5.57. The summed E-state index contributed by atoms with van der Waals surface area (Å²) >= 11 is 0. The molecule has 6 heteroatoms. The van der Waals surface area contributed by atoms with Crippen LogP contribution < -0.4 is 4.72 Å². The van der Waals surface area contributed by atoms with Gasteiger partial charge in [-0.2, -0.15) is 0 Å². The molecule has 1 fully saturated rings. The van der Waals surface area contributed by atoms with Gasteiger partial charge in [-0.15, -0.1) is 0 Å². The Morgan fingerprint density at radius 3 is 2.59 bits per heavy atom. The molecule has 1 N–H and O–H groups in total. The SMILES string of the molecule is O=S(=O)(NCCN1CCOCC1)c1ccc2c(c1)CCCC2. The smallest absolute Gasteiger partial charge is 0.240 e. The van der Waals surface area contributed by atoms with Crippen molar-refractivity contribution in [2.24, 2.45) is 0 Å². The number of benzene rings is 1. The first-order valence-corrected chi connectivity index (χ1v) is 9.55. The molecule has 3 rings (SSSR count). The van der Waals surface area contributed by atoms with Crippen molar-refractivity contribution in [1.29, 1.82) is 0 Å². The fourth-order valence-corrected chi connectivity index (χ4v) is 4.19. The van der Waals surface area contributed by atoms with E-state index < -0.39 is 10.0 Å². The third kappa shape index (κ3) is 3.87. The average Bonchev–Trinajstić information content (AvgIpc) is 2.55. The van der Waals surface area contributed by atoms with E-state index in [0.29, 0.717) is 11.4 Å². The second kappa shape index (κ2) is 7.08. The number of morpholine rings is 1. The van der Waals surface area contributed by atoms with E-state index >= 15 is 0 Å². The highest BCUT2D eigenvalue weighted by molar-refractivity contribution is 7.89. The minimum absolute atomic E-state index is 0.398. The third-order valence-electron chi connectivity index (χ3n) is 4.45. The third-order valence-corrected chi connectivity index (χ3v) is 5.91. The van der Waals surface area contributed by atoms with Gasteiger partial charge in [-0.1, -0.05) is 6.07 Å². The molecule has 1 aromatic rings. The molecule has 1 aliphatic heterocycles. The summed E-state index contributed by atoms with van der Waals surface area (Å²) in [6.45, 7) is 4.39. The molecule has 2 aliphatic rings. The zero-order chi connectivity index (χ0) is 15.4. The average molecular weight is 324 g/mol. The summed E-state index contributed by atoms with van der Waals surface area (Å²) in [5, 5.41) is 0. The number of fused-ring (bicyclic) bond motifs is 1. The number of rotatable bonds is 5. The molecular weight excluding hydrogens is 300 g/mol. The van der Waals surface area contributed by atoms with Gasteiger partial charge < -0.3 is 4.74 Å². The van der Waals surface area contributed by atoms with E-state index in [0.717, 1.165) is 52.1 Å². The van der Waals surface area contributed by atoms with Crippen LogP contribution in [0.5, 0.6) is 0 Å². The Bertz CT molecular complexity index is 610. The van der Waals surface area contributed by atoms with E-state index in [-0.39, 0.29) is 0 Å². The fraction of sp³-hybridized carbons (Fsp3) is 0.625. The van der Waals surface area contributed by atoms with Crippen molar-refractivity contribution in [2.45, 2.75) is 30.6 Å². The Morgan fingerprint density at radius 1 is 1.09 bits per heavy atom. The minimum Gasteiger partial charge on any atom is -0.379 e. The molecule has 1 heterocycles. The predicted molar refractivity (Wildman–Crippen MR) is 85.5 cm³/mol.